The molecule has 2 saturated carbocycles. The third-order valence-corrected chi connectivity index (χ3v) is 9.03. The zero-order valence-corrected chi connectivity index (χ0v) is 34.0. The molecule has 18 heteroatoms. The van der Waals surface area contributed by atoms with Gasteiger partial charge in [-0.3, -0.25) is 14.4 Å². The molecule has 3 amide bonds. The molecule has 304 valence electrons. The third-order valence-electron chi connectivity index (χ3n) is 8.52. The van der Waals surface area contributed by atoms with Crippen LogP contribution in [0.3, 0.4) is 0 Å². The van der Waals surface area contributed by atoms with Crippen LogP contribution in [0.15, 0.2) is 29.3 Å². The van der Waals surface area contributed by atoms with Gasteiger partial charge >= 0.3 is 12.2 Å². The maximum absolute atomic E-state index is 12.5. The summed E-state index contributed by atoms with van der Waals surface area (Å²) in [6.07, 6.45) is 8.34. The van der Waals surface area contributed by atoms with Crippen LogP contribution >= 0.6 is 23.2 Å². The zero-order valence-electron chi connectivity index (χ0n) is 32.5. The summed E-state index contributed by atoms with van der Waals surface area (Å²) < 4.78 is 16.0. The minimum Gasteiger partial charge on any atom is -0.466 e. The molecule has 56 heavy (non-hydrogen) atoms. The number of aromatic nitrogens is 2. The monoisotopic (exact) mass is 816 g/mol. The van der Waals surface area contributed by atoms with Crippen LogP contribution in [0.4, 0.5) is 32.3 Å². The normalized spacial score (nSPS) is 20.3. The molecule has 0 aromatic carbocycles. The van der Waals surface area contributed by atoms with Crippen LogP contribution in [0.1, 0.15) is 92.9 Å². The van der Waals surface area contributed by atoms with E-state index in [-0.39, 0.29) is 54.2 Å². The topological polar surface area (TPSA) is 190 Å². The van der Waals surface area contributed by atoms with Gasteiger partial charge in [0.05, 0.1) is 30.4 Å². The third kappa shape index (κ3) is 15.2. The Labute approximate surface area is 337 Å². The van der Waals surface area contributed by atoms with Crippen LogP contribution in [0.5, 0.6) is 5.88 Å². The molecule has 0 spiro atoms. The molecule has 16 nitrogen and oxygen atoms in total. The van der Waals surface area contributed by atoms with E-state index in [0.29, 0.717) is 28.6 Å². The fourth-order valence-corrected chi connectivity index (χ4v) is 6.18. The van der Waals surface area contributed by atoms with E-state index >= 15 is 0 Å². The Hall–Kier alpha value is -5.06. The molecule has 2 aliphatic carbocycles. The highest BCUT2D eigenvalue weighted by molar-refractivity contribution is 6.67. The summed E-state index contributed by atoms with van der Waals surface area (Å²) in [6.45, 7) is 25.1. The van der Waals surface area contributed by atoms with E-state index in [9.17, 15) is 24.0 Å². The fraction of sp³-hybridized carbons (Fsp3) is 0.579. The number of fused-ring (bicyclic) bond motifs is 1. The van der Waals surface area contributed by atoms with E-state index in [1.54, 1.807) is 17.0 Å². The minimum atomic E-state index is -0.529. The second-order valence-corrected chi connectivity index (χ2v) is 16.1. The van der Waals surface area contributed by atoms with Crippen LogP contribution < -0.4 is 31.1 Å². The molecular formula is C38H50Cl2N8O8. The number of H-pyrrole nitrogens is 1. The predicted octanol–water partition coefficient (Wildman–Crippen LogP) is 7.36. The van der Waals surface area contributed by atoms with Crippen molar-refractivity contribution in [1.29, 1.82) is 0 Å². The molecule has 2 aromatic rings. The number of ether oxygens (including phenoxy) is 3. The number of hydrogen-bond donors (Lipinski definition) is 4. The Morgan fingerprint density at radius 1 is 0.875 bits per heavy atom. The van der Waals surface area contributed by atoms with Gasteiger partial charge in [-0.05, 0) is 117 Å². The number of aromatic amines is 1. The van der Waals surface area contributed by atoms with E-state index in [4.69, 9.17) is 50.6 Å². The second-order valence-electron chi connectivity index (χ2n) is 15.4. The molecule has 0 radical (unpaired) electrons. The molecule has 5 rings (SSSR count). The number of amides is 3. The number of carbonyl (C=O) groups excluding carboxylic acids is 4. The number of rotatable bonds is 6. The van der Waals surface area contributed by atoms with Crippen molar-refractivity contribution in [2.45, 2.75) is 128 Å². The number of carbonyl (C=O) groups is 4. The summed E-state index contributed by atoms with van der Waals surface area (Å²) in [6, 6.07) is 3.49. The summed E-state index contributed by atoms with van der Waals surface area (Å²) in [5.41, 5.74) is 0.498. The molecule has 3 aliphatic rings. The molecule has 0 saturated heterocycles. The van der Waals surface area contributed by atoms with Gasteiger partial charge in [-0.1, -0.05) is 0 Å². The fourth-order valence-electron chi connectivity index (χ4n) is 6.18. The van der Waals surface area contributed by atoms with E-state index < -0.39 is 22.5 Å². The quantitative estimate of drug-likeness (QED) is 0.130. The van der Waals surface area contributed by atoms with Crippen LogP contribution in [0.2, 0.25) is 0 Å². The molecule has 0 atom stereocenters. The van der Waals surface area contributed by atoms with Crippen LogP contribution in [0, 0.1) is 13.1 Å². The highest BCUT2D eigenvalue weighted by Gasteiger charge is 2.36. The summed E-state index contributed by atoms with van der Waals surface area (Å²) in [5, 5.41) is 8.50. The Morgan fingerprint density at radius 3 is 1.86 bits per heavy atom. The lowest BCUT2D eigenvalue weighted by Gasteiger charge is -2.39. The Balaban J connectivity index is 0.000000270. The summed E-state index contributed by atoms with van der Waals surface area (Å²) in [7, 11) is 0. The SMILES string of the molecule is O=C(Cl)CCl.[C-]#[N+]c1c[nH]c(=O)c(NC2CCC(NC(=O)OC(C)(C)C)CC2)c1.[C-]#[N+]c1cnc2c(c1)N(C1CCC(NC(=O)OC(C)(C)C)CC1)C(=O)CO2. The minimum absolute atomic E-state index is 0.000352. The van der Waals surface area contributed by atoms with Crippen molar-refractivity contribution in [2.24, 2.45) is 0 Å². The van der Waals surface area contributed by atoms with Gasteiger partial charge in [-0.15, -0.1) is 11.6 Å². The van der Waals surface area contributed by atoms with Crippen molar-refractivity contribution in [1.82, 2.24) is 20.6 Å². The number of halogens is 2. The van der Waals surface area contributed by atoms with Gasteiger partial charge in [0.15, 0.2) is 6.61 Å². The first-order valence-electron chi connectivity index (χ1n) is 18.2. The van der Waals surface area contributed by atoms with Gasteiger partial charge < -0.3 is 40.0 Å². The summed E-state index contributed by atoms with van der Waals surface area (Å²) in [5.74, 6) is 0.160. The molecule has 0 unspecified atom stereocenters. The molecule has 2 fully saturated rings. The standard InChI is InChI=1S/C19H24N4O4.C17H24N4O3.C2H2Cl2O/c1-19(2,3)27-18(25)22-12-5-7-14(8-6-12)23-15-9-13(20-4)10-21-17(15)26-11-16(23)24;1-17(2,3)24-16(23)21-12-7-5-11(6-8-12)20-14-9-13(18-4)10-19-15(14)22;3-1-2(4)5/h9-10,12,14H,5-8,11H2,1-3H3,(H,22,25);9-12,20H,5-8H2,1-3H3,(H,19,22)(H,21,23);1H2. The van der Waals surface area contributed by atoms with Gasteiger partial charge in [-0.25, -0.2) is 24.3 Å². The number of hydrogen-bond acceptors (Lipinski definition) is 10. The van der Waals surface area contributed by atoms with Crippen LogP contribution in [-0.2, 0) is 19.1 Å². The molecule has 3 heterocycles. The summed E-state index contributed by atoms with van der Waals surface area (Å²) >= 11 is 9.55. The van der Waals surface area contributed by atoms with Gasteiger partial charge in [0.1, 0.15) is 11.2 Å². The largest absolute Gasteiger partial charge is 0.466 e. The van der Waals surface area contributed by atoms with Crippen LogP contribution in [-0.4, -0.2) is 81.2 Å². The van der Waals surface area contributed by atoms with Crippen molar-refractivity contribution < 1.29 is 33.4 Å². The zero-order chi connectivity index (χ0) is 41.6. The van der Waals surface area contributed by atoms with E-state index in [1.165, 1.54) is 12.4 Å². The Bertz CT molecular complexity index is 1830. The maximum Gasteiger partial charge on any atom is 0.407 e. The van der Waals surface area contributed by atoms with Crippen molar-refractivity contribution in [3.05, 3.63) is 57.7 Å². The van der Waals surface area contributed by atoms with E-state index in [0.717, 1.165) is 51.4 Å². The smallest absolute Gasteiger partial charge is 0.407 e. The number of pyridine rings is 2. The Kier molecular flexibility index (Phi) is 16.8. The average Bonchev–Trinajstić information content (AvgIpc) is 3.12. The molecule has 2 aromatic heterocycles. The first kappa shape index (κ1) is 45.3. The lowest BCUT2D eigenvalue weighted by atomic mass is 9.89. The first-order chi connectivity index (χ1) is 26.3. The number of nitrogens with one attached hydrogen (secondary N) is 4. The van der Waals surface area contributed by atoms with Crippen molar-refractivity contribution in [2.75, 3.05) is 22.7 Å². The predicted molar refractivity (Wildman–Crippen MR) is 213 cm³/mol. The second kappa shape index (κ2) is 20.7. The van der Waals surface area contributed by atoms with Crippen molar-refractivity contribution in [3.63, 3.8) is 0 Å². The van der Waals surface area contributed by atoms with Gasteiger partial charge in [0, 0.05) is 36.6 Å². The molecule has 0 bridgehead atoms. The van der Waals surface area contributed by atoms with Gasteiger partial charge in [-0.2, -0.15) is 0 Å². The Morgan fingerprint density at radius 2 is 1.38 bits per heavy atom. The van der Waals surface area contributed by atoms with Crippen molar-refractivity contribution in [3.8, 4) is 5.88 Å². The van der Waals surface area contributed by atoms with E-state index in [1.807, 2.05) is 41.5 Å². The maximum atomic E-state index is 12.5. The molecular weight excluding hydrogens is 767 g/mol. The number of nitrogens with zero attached hydrogens (tertiary/aromatic N) is 4. The molecule has 1 aliphatic heterocycles. The van der Waals surface area contributed by atoms with E-state index in [2.05, 4.69) is 35.6 Å². The van der Waals surface area contributed by atoms with Gasteiger partial charge in [0.25, 0.3) is 11.5 Å². The average molecular weight is 818 g/mol. The first-order valence-corrected chi connectivity index (χ1v) is 19.1. The van der Waals surface area contributed by atoms with Gasteiger partial charge in [0.2, 0.25) is 22.5 Å². The molecule has 4 N–H and O–H groups in total. The number of alkyl carbamates (subject to hydrolysis) is 2. The van der Waals surface area contributed by atoms with Crippen LogP contribution in [0.25, 0.3) is 9.69 Å². The number of alkyl halides is 1. The number of anilines is 2. The highest BCUT2D eigenvalue weighted by Crippen LogP contribution is 2.37. The summed E-state index contributed by atoms with van der Waals surface area (Å²) in [4.78, 5) is 72.6. The highest BCUT2D eigenvalue weighted by atomic mass is 35.5. The lowest BCUT2D eigenvalue weighted by molar-refractivity contribution is -0.122. The lowest BCUT2D eigenvalue weighted by Crippen LogP contribution is -2.50. The van der Waals surface area contributed by atoms with Crippen molar-refractivity contribution >= 4 is 69.3 Å².